The van der Waals surface area contributed by atoms with Crippen molar-refractivity contribution in [3.63, 3.8) is 0 Å². The highest BCUT2D eigenvalue weighted by atomic mass is 16.5. The molecule has 1 saturated heterocycles. The summed E-state index contributed by atoms with van der Waals surface area (Å²) in [5.41, 5.74) is -0.543. The second-order valence-electron chi connectivity index (χ2n) is 5.71. The lowest BCUT2D eigenvalue weighted by Gasteiger charge is -2.36. The molecule has 1 aromatic heterocycles. The average Bonchev–Trinajstić information content (AvgIpc) is 2.46. The van der Waals surface area contributed by atoms with Gasteiger partial charge >= 0.3 is 0 Å². The lowest BCUT2D eigenvalue weighted by atomic mass is 9.93. The van der Waals surface area contributed by atoms with Crippen molar-refractivity contribution in [2.45, 2.75) is 25.4 Å². The Morgan fingerprint density at radius 3 is 2.70 bits per heavy atom. The second-order valence-corrected chi connectivity index (χ2v) is 5.71. The van der Waals surface area contributed by atoms with Crippen LogP contribution in [0.2, 0.25) is 0 Å². The normalized spacial score (nSPS) is 18.2. The van der Waals surface area contributed by atoms with Gasteiger partial charge in [0.2, 0.25) is 0 Å². The van der Waals surface area contributed by atoms with E-state index in [1.54, 1.807) is 7.11 Å². The molecule has 4 nitrogen and oxygen atoms in total. The molecule has 1 aliphatic heterocycles. The summed E-state index contributed by atoms with van der Waals surface area (Å²) in [5, 5.41) is 12.3. The highest BCUT2D eigenvalue weighted by molar-refractivity contribution is 5.93. The van der Waals surface area contributed by atoms with Crippen molar-refractivity contribution in [1.29, 1.82) is 0 Å². The summed E-state index contributed by atoms with van der Waals surface area (Å²) < 4.78 is 5.31. The maximum atomic E-state index is 10.1. The SMILES string of the molecule is COc1ccc2ccnc(N3CCC(C)(O)CC3)c2c1. The first kappa shape index (κ1) is 13.2. The molecule has 1 fully saturated rings. The molecule has 2 heterocycles. The standard InChI is InChI=1S/C16H20N2O2/c1-16(19)6-9-18(10-7-16)15-14-11-13(20-2)4-3-12(14)5-8-17-15/h3-5,8,11,19H,6-7,9-10H2,1-2H3. The van der Waals surface area contributed by atoms with E-state index in [4.69, 9.17) is 4.74 Å². The van der Waals surface area contributed by atoms with Crippen molar-refractivity contribution in [3.8, 4) is 5.75 Å². The Morgan fingerprint density at radius 1 is 1.25 bits per heavy atom. The molecule has 1 N–H and O–H groups in total. The van der Waals surface area contributed by atoms with Gasteiger partial charge in [0.25, 0.3) is 0 Å². The number of rotatable bonds is 2. The number of piperidine rings is 1. The molecule has 1 aliphatic rings. The first-order chi connectivity index (χ1) is 9.59. The number of aliphatic hydroxyl groups is 1. The van der Waals surface area contributed by atoms with E-state index in [9.17, 15) is 5.11 Å². The van der Waals surface area contributed by atoms with Crippen molar-refractivity contribution in [3.05, 3.63) is 30.5 Å². The van der Waals surface area contributed by atoms with Gasteiger partial charge in [-0.1, -0.05) is 6.07 Å². The molecule has 1 aromatic carbocycles. The summed E-state index contributed by atoms with van der Waals surface area (Å²) in [6, 6.07) is 8.06. The molecule has 4 heteroatoms. The summed E-state index contributed by atoms with van der Waals surface area (Å²) in [7, 11) is 1.68. The first-order valence-corrected chi connectivity index (χ1v) is 6.99. The number of benzene rings is 1. The van der Waals surface area contributed by atoms with E-state index in [0.717, 1.165) is 48.3 Å². The van der Waals surface area contributed by atoms with Gasteiger partial charge in [-0.15, -0.1) is 0 Å². The number of nitrogens with zero attached hydrogens (tertiary/aromatic N) is 2. The van der Waals surface area contributed by atoms with Gasteiger partial charge in [0.1, 0.15) is 11.6 Å². The second kappa shape index (κ2) is 4.94. The minimum atomic E-state index is -0.543. The van der Waals surface area contributed by atoms with Crippen LogP contribution in [0, 0.1) is 0 Å². The number of hydrogen-bond acceptors (Lipinski definition) is 4. The minimum absolute atomic E-state index is 0.543. The fraction of sp³-hybridized carbons (Fsp3) is 0.438. The van der Waals surface area contributed by atoms with Crippen LogP contribution in [0.5, 0.6) is 5.75 Å². The molecule has 0 saturated carbocycles. The van der Waals surface area contributed by atoms with Crippen LogP contribution >= 0.6 is 0 Å². The third kappa shape index (κ3) is 2.43. The maximum absolute atomic E-state index is 10.1. The number of pyridine rings is 1. The number of ether oxygens (including phenoxy) is 1. The molecule has 106 valence electrons. The van der Waals surface area contributed by atoms with Crippen LogP contribution in [-0.4, -0.2) is 35.9 Å². The average molecular weight is 272 g/mol. The van der Waals surface area contributed by atoms with Crippen molar-refractivity contribution >= 4 is 16.6 Å². The van der Waals surface area contributed by atoms with E-state index in [1.165, 1.54) is 0 Å². The molecule has 3 rings (SSSR count). The number of aromatic nitrogens is 1. The zero-order valence-electron chi connectivity index (χ0n) is 12.0. The fourth-order valence-electron chi connectivity index (χ4n) is 2.71. The van der Waals surface area contributed by atoms with Gasteiger partial charge in [0, 0.05) is 24.7 Å². The van der Waals surface area contributed by atoms with Gasteiger partial charge in [0.05, 0.1) is 12.7 Å². The minimum Gasteiger partial charge on any atom is -0.497 e. The van der Waals surface area contributed by atoms with Crippen LogP contribution in [0.4, 0.5) is 5.82 Å². The Hall–Kier alpha value is -1.81. The predicted molar refractivity (Wildman–Crippen MR) is 80.4 cm³/mol. The molecule has 0 aliphatic carbocycles. The van der Waals surface area contributed by atoms with E-state index in [1.807, 2.05) is 31.3 Å². The third-order valence-electron chi connectivity index (χ3n) is 4.09. The van der Waals surface area contributed by atoms with E-state index in [2.05, 4.69) is 16.0 Å². The quantitative estimate of drug-likeness (QED) is 0.912. The van der Waals surface area contributed by atoms with Gasteiger partial charge in [-0.2, -0.15) is 0 Å². The van der Waals surface area contributed by atoms with Gasteiger partial charge < -0.3 is 14.7 Å². The summed E-state index contributed by atoms with van der Waals surface area (Å²) in [4.78, 5) is 6.79. The van der Waals surface area contributed by atoms with Crippen molar-refractivity contribution in [2.24, 2.45) is 0 Å². The molecule has 0 bridgehead atoms. The van der Waals surface area contributed by atoms with E-state index in [0.29, 0.717) is 0 Å². The predicted octanol–water partition coefficient (Wildman–Crippen LogP) is 2.59. The largest absolute Gasteiger partial charge is 0.497 e. The Kier molecular flexibility index (Phi) is 3.26. The lowest BCUT2D eigenvalue weighted by Crippen LogP contribution is -2.42. The number of anilines is 1. The number of methoxy groups -OCH3 is 1. The summed E-state index contributed by atoms with van der Waals surface area (Å²) >= 11 is 0. The first-order valence-electron chi connectivity index (χ1n) is 6.99. The highest BCUT2D eigenvalue weighted by Gasteiger charge is 2.28. The van der Waals surface area contributed by atoms with Crippen LogP contribution < -0.4 is 9.64 Å². The smallest absolute Gasteiger partial charge is 0.136 e. The van der Waals surface area contributed by atoms with Crippen molar-refractivity contribution in [1.82, 2.24) is 4.98 Å². The van der Waals surface area contributed by atoms with Crippen LogP contribution in [0.1, 0.15) is 19.8 Å². The van der Waals surface area contributed by atoms with E-state index < -0.39 is 5.60 Å². The Morgan fingerprint density at radius 2 is 2.00 bits per heavy atom. The monoisotopic (exact) mass is 272 g/mol. The molecule has 0 unspecified atom stereocenters. The van der Waals surface area contributed by atoms with Gasteiger partial charge in [-0.05, 0) is 43.4 Å². The van der Waals surface area contributed by atoms with Crippen LogP contribution in [0.3, 0.4) is 0 Å². The summed E-state index contributed by atoms with van der Waals surface area (Å²) in [5.74, 6) is 1.83. The fourth-order valence-corrected chi connectivity index (χ4v) is 2.71. The zero-order chi connectivity index (χ0) is 14.2. The van der Waals surface area contributed by atoms with Crippen LogP contribution in [0.15, 0.2) is 30.5 Å². The highest BCUT2D eigenvalue weighted by Crippen LogP contribution is 2.31. The molecule has 0 spiro atoms. The molecule has 20 heavy (non-hydrogen) atoms. The molecular weight excluding hydrogens is 252 g/mol. The molecule has 0 radical (unpaired) electrons. The molecular formula is C16H20N2O2. The number of hydrogen-bond donors (Lipinski definition) is 1. The Balaban J connectivity index is 1.99. The zero-order valence-corrected chi connectivity index (χ0v) is 12.0. The van der Waals surface area contributed by atoms with Gasteiger partial charge in [-0.3, -0.25) is 0 Å². The summed E-state index contributed by atoms with van der Waals surface area (Å²) in [6.07, 6.45) is 3.39. The molecule has 0 atom stereocenters. The molecule has 2 aromatic rings. The third-order valence-corrected chi connectivity index (χ3v) is 4.09. The van der Waals surface area contributed by atoms with Crippen LogP contribution in [0.25, 0.3) is 10.8 Å². The lowest BCUT2D eigenvalue weighted by molar-refractivity contribution is 0.0350. The summed E-state index contributed by atoms with van der Waals surface area (Å²) in [6.45, 7) is 3.57. The van der Waals surface area contributed by atoms with E-state index in [-0.39, 0.29) is 0 Å². The van der Waals surface area contributed by atoms with Crippen molar-refractivity contribution in [2.75, 3.05) is 25.1 Å². The van der Waals surface area contributed by atoms with Gasteiger partial charge in [0.15, 0.2) is 0 Å². The topological polar surface area (TPSA) is 45.6 Å². The Bertz CT molecular complexity index is 615. The molecule has 0 amide bonds. The van der Waals surface area contributed by atoms with Crippen molar-refractivity contribution < 1.29 is 9.84 Å². The Labute approximate surface area is 119 Å². The maximum Gasteiger partial charge on any atom is 0.136 e. The van der Waals surface area contributed by atoms with E-state index >= 15 is 0 Å². The van der Waals surface area contributed by atoms with Crippen LogP contribution in [-0.2, 0) is 0 Å². The van der Waals surface area contributed by atoms with Gasteiger partial charge in [-0.25, -0.2) is 4.98 Å². The number of fused-ring (bicyclic) bond motifs is 1.